The molecular formula is C23H28Cl2N2O4. The smallest absolute Gasteiger partial charge is 0.253 e. The summed E-state index contributed by atoms with van der Waals surface area (Å²) in [7, 11) is 1.57. The van der Waals surface area contributed by atoms with Crippen LogP contribution in [0.2, 0.25) is 10.0 Å². The highest BCUT2D eigenvalue weighted by molar-refractivity contribution is 6.43. The molecule has 0 bridgehead atoms. The highest BCUT2D eigenvalue weighted by atomic mass is 35.5. The van der Waals surface area contributed by atoms with Gasteiger partial charge in [0, 0.05) is 0 Å². The zero-order valence-electron chi connectivity index (χ0n) is 18.3. The van der Waals surface area contributed by atoms with Crippen molar-refractivity contribution in [2.24, 2.45) is 5.92 Å². The van der Waals surface area contributed by atoms with E-state index in [-0.39, 0.29) is 27.6 Å². The number of nitrogens with one attached hydrogen (secondary N) is 2. The van der Waals surface area contributed by atoms with Gasteiger partial charge in [0.1, 0.15) is 6.04 Å². The molecule has 0 fully saturated rings. The lowest BCUT2D eigenvalue weighted by Gasteiger charge is -2.20. The molecule has 0 saturated heterocycles. The summed E-state index contributed by atoms with van der Waals surface area (Å²) in [5.74, 6) is 0.823. The maximum absolute atomic E-state index is 12.6. The van der Waals surface area contributed by atoms with E-state index in [9.17, 15) is 9.59 Å². The first kappa shape index (κ1) is 24.8. The number of carbonyl (C=O) groups is 2. The van der Waals surface area contributed by atoms with Gasteiger partial charge in [-0.3, -0.25) is 9.59 Å². The number of methoxy groups -OCH3 is 1. The van der Waals surface area contributed by atoms with Crippen molar-refractivity contribution in [2.45, 2.75) is 39.8 Å². The van der Waals surface area contributed by atoms with Crippen molar-refractivity contribution in [2.75, 3.05) is 13.7 Å². The molecule has 0 aliphatic carbocycles. The van der Waals surface area contributed by atoms with Crippen molar-refractivity contribution < 1.29 is 19.1 Å². The first-order valence-corrected chi connectivity index (χ1v) is 10.8. The third-order valence-corrected chi connectivity index (χ3v) is 5.37. The maximum atomic E-state index is 12.6. The Bertz CT molecular complexity index is 934. The molecule has 31 heavy (non-hydrogen) atoms. The zero-order valence-corrected chi connectivity index (χ0v) is 19.8. The minimum absolute atomic E-state index is 0.148. The van der Waals surface area contributed by atoms with E-state index in [2.05, 4.69) is 24.5 Å². The van der Waals surface area contributed by atoms with E-state index in [1.807, 2.05) is 25.1 Å². The van der Waals surface area contributed by atoms with Gasteiger partial charge in [-0.25, -0.2) is 0 Å². The van der Waals surface area contributed by atoms with Gasteiger partial charge in [-0.05, 0) is 49.6 Å². The second-order valence-electron chi connectivity index (χ2n) is 7.64. The lowest BCUT2D eigenvalue weighted by atomic mass is 10.1. The molecule has 2 aromatic carbocycles. The molecule has 2 N–H and O–H groups in total. The average molecular weight is 467 g/mol. The number of halogens is 2. The van der Waals surface area contributed by atoms with Crippen LogP contribution in [0.4, 0.5) is 0 Å². The van der Waals surface area contributed by atoms with Crippen LogP contribution in [0.25, 0.3) is 0 Å². The number of benzene rings is 2. The summed E-state index contributed by atoms with van der Waals surface area (Å²) in [4.78, 5) is 25.1. The molecule has 6 nitrogen and oxygen atoms in total. The Labute approximate surface area is 193 Å². The van der Waals surface area contributed by atoms with Gasteiger partial charge in [0.05, 0.1) is 35.4 Å². The standard InChI is InChI=1S/C23H28Cl2N2O4/c1-13(2)12-31-19-10-9-16(11-20(19)30-5)14(3)26-22(28)15(4)27-23(29)17-7-6-8-18(24)21(17)25/h6-11,13-15H,12H2,1-5H3,(H,26,28)(H,27,29). The first-order valence-electron chi connectivity index (χ1n) is 10.00. The van der Waals surface area contributed by atoms with Crippen LogP contribution in [0, 0.1) is 5.92 Å². The quantitative estimate of drug-likeness (QED) is 0.542. The molecule has 0 heterocycles. The van der Waals surface area contributed by atoms with E-state index in [0.717, 1.165) is 5.56 Å². The largest absolute Gasteiger partial charge is 0.493 e. The lowest BCUT2D eigenvalue weighted by Crippen LogP contribution is -2.45. The third-order valence-electron chi connectivity index (χ3n) is 4.56. The van der Waals surface area contributed by atoms with Crippen LogP contribution in [0.3, 0.4) is 0 Å². The fraction of sp³-hybridized carbons (Fsp3) is 0.391. The predicted octanol–water partition coefficient (Wildman–Crippen LogP) is 5.03. The summed E-state index contributed by atoms with van der Waals surface area (Å²) in [6.07, 6.45) is 0. The third kappa shape index (κ3) is 6.77. The Morgan fingerprint density at radius 3 is 2.35 bits per heavy atom. The van der Waals surface area contributed by atoms with Gasteiger partial charge in [-0.1, -0.05) is 49.2 Å². The molecule has 168 valence electrons. The van der Waals surface area contributed by atoms with E-state index in [1.165, 1.54) is 0 Å². The molecule has 2 amide bonds. The number of hydrogen-bond donors (Lipinski definition) is 2. The normalized spacial score (nSPS) is 12.8. The van der Waals surface area contributed by atoms with Crippen molar-refractivity contribution in [1.29, 1.82) is 0 Å². The maximum Gasteiger partial charge on any atom is 0.253 e. The van der Waals surface area contributed by atoms with E-state index >= 15 is 0 Å². The molecule has 0 saturated carbocycles. The lowest BCUT2D eigenvalue weighted by molar-refractivity contribution is -0.123. The van der Waals surface area contributed by atoms with Crippen LogP contribution >= 0.6 is 23.2 Å². The minimum Gasteiger partial charge on any atom is -0.493 e. The van der Waals surface area contributed by atoms with E-state index in [0.29, 0.717) is 24.0 Å². The van der Waals surface area contributed by atoms with Gasteiger partial charge in [-0.15, -0.1) is 0 Å². The summed E-state index contributed by atoms with van der Waals surface area (Å²) >= 11 is 12.0. The second-order valence-corrected chi connectivity index (χ2v) is 8.43. The van der Waals surface area contributed by atoms with Gasteiger partial charge >= 0.3 is 0 Å². The zero-order chi connectivity index (χ0) is 23.1. The molecule has 8 heteroatoms. The number of ether oxygens (including phenoxy) is 2. The Balaban J connectivity index is 2.02. The molecule has 2 atom stereocenters. The van der Waals surface area contributed by atoms with Crippen molar-refractivity contribution in [3.8, 4) is 11.5 Å². The van der Waals surface area contributed by atoms with E-state index in [4.69, 9.17) is 32.7 Å². The van der Waals surface area contributed by atoms with Crippen LogP contribution < -0.4 is 20.1 Å². The number of hydrogen-bond acceptors (Lipinski definition) is 4. The molecule has 2 unspecified atom stereocenters. The van der Waals surface area contributed by atoms with Crippen LogP contribution in [0.15, 0.2) is 36.4 Å². The van der Waals surface area contributed by atoms with Crippen LogP contribution in [0.5, 0.6) is 11.5 Å². The van der Waals surface area contributed by atoms with Gasteiger partial charge in [0.2, 0.25) is 5.91 Å². The fourth-order valence-corrected chi connectivity index (χ4v) is 3.16. The van der Waals surface area contributed by atoms with Gasteiger partial charge < -0.3 is 20.1 Å². The topological polar surface area (TPSA) is 76.7 Å². The molecule has 2 rings (SSSR count). The average Bonchev–Trinajstić information content (AvgIpc) is 2.73. The SMILES string of the molecule is COc1cc(C(C)NC(=O)C(C)NC(=O)c2cccc(Cl)c2Cl)ccc1OCC(C)C. The van der Waals surface area contributed by atoms with Gasteiger partial charge in [-0.2, -0.15) is 0 Å². The van der Waals surface area contributed by atoms with Crippen molar-refractivity contribution >= 4 is 35.0 Å². The highest BCUT2D eigenvalue weighted by Crippen LogP contribution is 2.31. The molecule has 0 aliphatic rings. The predicted molar refractivity (Wildman–Crippen MR) is 123 cm³/mol. The van der Waals surface area contributed by atoms with Gasteiger partial charge in [0.25, 0.3) is 5.91 Å². The summed E-state index contributed by atoms with van der Waals surface area (Å²) < 4.78 is 11.2. The van der Waals surface area contributed by atoms with Crippen LogP contribution in [-0.4, -0.2) is 31.6 Å². The minimum atomic E-state index is -0.777. The fourth-order valence-electron chi connectivity index (χ4n) is 2.77. The van der Waals surface area contributed by atoms with Gasteiger partial charge in [0.15, 0.2) is 11.5 Å². The number of carbonyl (C=O) groups excluding carboxylic acids is 2. The summed E-state index contributed by atoms with van der Waals surface area (Å²) in [5.41, 5.74) is 1.06. The van der Waals surface area contributed by atoms with Crippen LogP contribution in [-0.2, 0) is 4.79 Å². The highest BCUT2D eigenvalue weighted by Gasteiger charge is 2.21. The summed E-state index contributed by atoms with van der Waals surface area (Å²) in [6.45, 7) is 8.17. The molecule has 2 aromatic rings. The molecule has 0 aliphatic heterocycles. The Morgan fingerprint density at radius 1 is 1.00 bits per heavy atom. The molecular weight excluding hydrogens is 439 g/mol. The number of amides is 2. The van der Waals surface area contributed by atoms with Crippen molar-refractivity contribution in [1.82, 2.24) is 10.6 Å². The second kappa shape index (κ2) is 11.3. The van der Waals surface area contributed by atoms with Crippen molar-refractivity contribution in [3.05, 3.63) is 57.6 Å². The Kier molecular flexibility index (Phi) is 9.01. The van der Waals surface area contributed by atoms with Crippen molar-refractivity contribution in [3.63, 3.8) is 0 Å². The Hall–Kier alpha value is -2.44. The monoisotopic (exact) mass is 466 g/mol. The molecule has 0 aromatic heterocycles. The van der Waals surface area contributed by atoms with E-state index < -0.39 is 11.9 Å². The Morgan fingerprint density at radius 2 is 1.71 bits per heavy atom. The molecule has 0 radical (unpaired) electrons. The van der Waals surface area contributed by atoms with E-state index in [1.54, 1.807) is 32.2 Å². The first-order chi connectivity index (χ1) is 14.6. The number of rotatable bonds is 9. The summed E-state index contributed by atoms with van der Waals surface area (Å²) in [6, 6.07) is 9.20. The molecule has 0 spiro atoms. The summed E-state index contributed by atoms with van der Waals surface area (Å²) in [5, 5.41) is 5.95. The van der Waals surface area contributed by atoms with Crippen LogP contribution in [0.1, 0.15) is 49.7 Å².